The van der Waals surface area contributed by atoms with Gasteiger partial charge in [-0.3, -0.25) is 9.59 Å². The van der Waals surface area contributed by atoms with Gasteiger partial charge in [-0.2, -0.15) is 0 Å². The Balaban J connectivity index is 2.35. The van der Waals surface area contributed by atoms with Gasteiger partial charge < -0.3 is 14.2 Å². The van der Waals surface area contributed by atoms with Crippen LogP contribution in [0, 0.1) is 0 Å². The quantitative estimate of drug-likeness (QED) is 0.615. The van der Waals surface area contributed by atoms with Crippen LogP contribution in [0.15, 0.2) is 0 Å². The fourth-order valence-corrected chi connectivity index (χ4v) is 1.33. The van der Waals surface area contributed by atoms with Crippen LogP contribution in [0.25, 0.3) is 0 Å². The molecule has 1 unspecified atom stereocenters. The lowest BCUT2D eigenvalue weighted by Crippen LogP contribution is -2.31. The number of carbonyl (C=O) groups is 2. The van der Waals surface area contributed by atoms with Gasteiger partial charge in [-0.25, -0.2) is 0 Å². The smallest absolute Gasteiger partial charge is 0.302 e. The molecule has 0 N–H and O–H groups in total. The van der Waals surface area contributed by atoms with Crippen molar-refractivity contribution in [3.8, 4) is 0 Å². The van der Waals surface area contributed by atoms with Crippen molar-refractivity contribution >= 4 is 11.9 Å². The number of rotatable bonds is 3. The maximum absolute atomic E-state index is 10.7. The molecule has 0 aromatic heterocycles. The predicted octanol–water partition coefficient (Wildman–Crippen LogP) is 0.270. The summed E-state index contributed by atoms with van der Waals surface area (Å²) in [4.78, 5) is 21.2. The maximum Gasteiger partial charge on any atom is 0.302 e. The van der Waals surface area contributed by atoms with Crippen molar-refractivity contribution in [1.29, 1.82) is 0 Å². The van der Waals surface area contributed by atoms with Gasteiger partial charge in [0.05, 0.1) is 6.61 Å². The molecular weight excluding hydrogens is 188 g/mol. The van der Waals surface area contributed by atoms with E-state index in [2.05, 4.69) is 0 Å². The summed E-state index contributed by atoms with van der Waals surface area (Å²) in [6, 6.07) is 0. The average Bonchev–Trinajstić information content (AvgIpc) is 2.47. The van der Waals surface area contributed by atoms with Crippen LogP contribution in [0.1, 0.15) is 20.3 Å². The van der Waals surface area contributed by atoms with Crippen molar-refractivity contribution < 1.29 is 23.8 Å². The molecular formula is C9H14O5. The number of hydrogen-bond donors (Lipinski definition) is 0. The summed E-state index contributed by atoms with van der Waals surface area (Å²) in [6.07, 6.45) is 0.0561. The first-order valence-electron chi connectivity index (χ1n) is 4.52. The Morgan fingerprint density at radius 3 is 2.64 bits per heavy atom. The molecule has 1 rings (SSSR count). The first-order valence-corrected chi connectivity index (χ1v) is 4.52. The number of esters is 2. The van der Waals surface area contributed by atoms with Gasteiger partial charge in [-0.15, -0.1) is 0 Å². The topological polar surface area (TPSA) is 61.8 Å². The van der Waals surface area contributed by atoms with Gasteiger partial charge in [0.2, 0.25) is 0 Å². The zero-order valence-electron chi connectivity index (χ0n) is 8.32. The molecule has 1 heterocycles. The van der Waals surface area contributed by atoms with Gasteiger partial charge in [0.1, 0.15) is 18.8 Å². The van der Waals surface area contributed by atoms with E-state index in [1.807, 2.05) is 0 Å². The fourth-order valence-electron chi connectivity index (χ4n) is 1.33. The molecule has 1 aliphatic heterocycles. The molecule has 80 valence electrons. The minimum Gasteiger partial charge on any atom is -0.463 e. The molecule has 14 heavy (non-hydrogen) atoms. The number of hydrogen-bond acceptors (Lipinski definition) is 5. The molecule has 1 aliphatic rings. The molecule has 0 amide bonds. The largest absolute Gasteiger partial charge is 0.463 e. The highest BCUT2D eigenvalue weighted by Gasteiger charge is 2.31. The van der Waals surface area contributed by atoms with Gasteiger partial charge in [0.15, 0.2) is 0 Å². The normalized spacial score (nSPS) is 25.9. The van der Waals surface area contributed by atoms with Crippen molar-refractivity contribution in [1.82, 2.24) is 0 Å². The van der Waals surface area contributed by atoms with Gasteiger partial charge in [0.25, 0.3) is 0 Å². The van der Waals surface area contributed by atoms with Crippen molar-refractivity contribution in [2.24, 2.45) is 0 Å². The van der Waals surface area contributed by atoms with Crippen LogP contribution in [-0.2, 0) is 23.8 Å². The zero-order chi connectivity index (χ0) is 10.6. The van der Waals surface area contributed by atoms with E-state index in [1.165, 1.54) is 13.8 Å². The summed E-state index contributed by atoms with van der Waals surface area (Å²) in [7, 11) is 0. The monoisotopic (exact) mass is 202 g/mol. The van der Waals surface area contributed by atoms with Crippen LogP contribution in [0.4, 0.5) is 0 Å². The fraction of sp³-hybridized carbons (Fsp3) is 0.778. The maximum atomic E-state index is 10.7. The first-order chi connectivity index (χ1) is 6.59. The molecule has 0 radical (unpaired) electrons. The molecule has 0 saturated carbocycles. The molecule has 0 spiro atoms. The highest BCUT2D eigenvalue weighted by Crippen LogP contribution is 2.17. The van der Waals surface area contributed by atoms with Crippen LogP contribution in [0.3, 0.4) is 0 Å². The molecule has 0 aliphatic carbocycles. The van der Waals surface area contributed by atoms with E-state index < -0.39 is 0 Å². The summed E-state index contributed by atoms with van der Waals surface area (Å²) in [5, 5.41) is 0. The Labute approximate surface area is 82.3 Å². The second kappa shape index (κ2) is 4.95. The summed E-state index contributed by atoms with van der Waals surface area (Å²) >= 11 is 0. The first kappa shape index (κ1) is 11.0. The summed E-state index contributed by atoms with van der Waals surface area (Å²) in [6.45, 7) is 3.36. The molecule has 5 heteroatoms. The van der Waals surface area contributed by atoms with Crippen molar-refractivity contribution in [3.05, 3.63) is 0 Å². The third-order valence-corrected chi connectivity index (χ3v) is 1.92. The Hall–Kier alpha value is -1.10. The molecule has 1 fully saturated rings. The summed E-state index contributed by atoms with van der Waals surface area (Å²) < 4.78 is 15.0. The molecule has 0 aromatic rings. The lowest BCUT2D eigenvalue weighted by atomic mass is 10.2. The van der Waals surface area contributed by atoms with E-state index in [1.54, 1.807) is 0 Å². The zero-order valence-corrected chi connectivity index (χ0v) is 8.32. The second-order valence-electron chi connectivity index (χ2n) is 3.15. The highest BCUT2D eigenvalue weighted by molar-refractivity contribution is 5.66. The van der Waals surface area contributed by atoms with Crippen LogP contribution in [-0.4, -0.2) is 37.4 Å². The standard InChI is InChI=1S/C9H14O5/c1-6(10)13-5-9-8(3-4-12-9)14-7(2)11/h8-9H,3-5H2,1-2H3/t8-,9?/m0/s1. The van der Waals surface area contributed by atoms with E-state index in [0.29, 0.717) is 13.0 Å². The summed E-state index contributed by atoms with van der Waals surface area (Å²) in [5.41, 5.74) is 0. The Morgan fingerprint density at radius 1 is 1.36 bits per heavy atom. The minimum absolute atomic E-state index is 0.146. The second-order valence-corrected chi connectivity index (χ2v) is 3.15. The molecule has 2 atom stereocenters. The van der Waals surface area contributed by atoms with E-state index in [-0.39, 0.29) is 30.8 Å². The SMILES string of the molecule is CC(=O)OCC1OCC[C@@H]1OC(C)=O. The molecule has 1 saturated heterocycles. The highest BCUT2D eigenvalue weighted by atomic mass is 16.6. The predicted molar refractivity (Wildman–Crippen MR) is 46.5 cm³/mol. The number of ether oxygens (including phenoxy) is 3. The van der Waals surface area contributed by atoms with E-state index in [0.717, 1.165) is 0 Å². The van der Waals surface area contributed by atoms with E-state index >= 15 is 0 Å². The lowest BCUT2D eigenvalue weighted by molar-refractivity contribution is -0.154. The Morgan fingerprint density at radius 2 is 2.07 bits per heavy atom. The van der Waals surface area contributed by atoms with E-state index in [4.69, 9.17) is 14.2 Å². The van der Waals surface area contributed by atoms with Crippen LogP contribution in [0.5, 0.6) is 0 Å². The Kier molecular flexibility index (Phi) is 3.88. The van der Waals surface area contributed by atoms with Crippen LogP contribution >= 0.6 is 0 Å². The van der Waals surface area contributed by atoms with Crippen molar-refractivity contribution in [2.75, 3.05) is 13.2 Å². The molecule has 5 nitrogen and oxygen atoms in total. The van der Waals surface area contributed by atoms with Crippen LogP contribution < -0.4 is 0 Å². The average molecular weight is 202 g/mol. The van der Waals surface area contributed by atoms with Crippen LogP contribution in [0.2, 0.25) is 0 Å². The van der Waals surface area contributed by atoms with Gasteiger partial charge in [-0.1, -0.05) is 0 Å². The summed E-state index contributed by atoms with van der Waals surface area (Å²) in [5.74, 6) is -0.699. The van der Waals surface area contributed by atoms with E-state index in [9.17, 15) is 9.59 Å². The lowest BCUT2D eigenvalue weighted by Gasteiger charge is -2.17. The van der Waals surface area contributed by atoms with Gasteiger partial charge in [-0.05, 0) is 0 Å². The van der Waals surface area contributed by atoms with Crippen molar-refractivity contribution in [2.45, 2.75) is 32.5 Å². The molecule has 0 bridgehead atoms. The minimum atomic E-state index is -0.359. The van der Waals surface area contributed by atoms with Gasteiger partial charge >= 0.3 is 11.9 Å². The third kappa shape index (κ3) is 3.33. The number of carbonyl (C=O) groups excluding carboxylic acids is 2. The molecule has 0 aromatic carbocycles. The van der Waals surface area contributed by atoms with Crippen molar-refractivity contribution in [3.63, 3.8) is 0 Å². The van der Waals surface area contributed by atoms with Gasteiger partial charge in [0, 0.05) is 20.3 Å². The Bertz CT molecular complexity index is 225. The third-order valence-electron chi connectivity index (χ3n) is 1.92.